The number of hydrogen-bond donors (Lipinski definition) is 2. The average Bonchev–Trinajstić information content (AvgIpc) is 2.81. The van der Waals surface area contributed by atoms with Gasteiger partial charge in [-0.3, -0.25) is 4.72 Å². The summed E-state index contributed by atoms with van der Waals surface area (Å²) < 4.78 is 26.4. The maximum absolute atomic E-state index is 12.0. The van der Waals surface area contributed by atoms with Gasteiger partial charge in [-0.15, -0.1) is 11.3 Å². The number of sulfonamides is 1. The molecule has 2 rings (SSSR count). The summed E-state index contributed by atoms with van der Waals surface area (Å²) >= 11 is 1.26. The first-order valence-electron chi connectivity index (χ1n) is 5.71. The minimum Gasteiger partial charge on any atom is -0.316 e. The number of rotatable bonds is 6. The molecule has 2 N–H and O–H groups in total. The van der Waals surface area contributed by atoms with Crippen molar-refractivity contribution in [2.45, 2.75) is 12.3 Å². The van der Waals surface area contributed by atoms with E-state index in [1.54, 1.807) is 17.6 Å². The number of nitrogens with zero attached hydrogens (tertiary/aromatic N) is 1. The van der Waals surface area contributed by atoms with Crippen LogP contribution in [-0.2, 0) is 22.3 Å². The Morgan fingerprint density at radius 2 is 2.11 bits per heavy atom. The van der Waals surface area contributed by atoms with E-state index >= 15 is 0 Å². The van der Waals surface area contributed by atoms with Gasteiger partial charge < -0.3 is 5.32 Å². The Labute approximate surface area is 116 Å². The molecule has 102 valence electrons. The van der Waals surface area contributed by atoms with Crippen molar-refractivity contribution in [3.05, 3.63) is 47.0 Å². The normalized spacial score (nSPS) is 11.4. The van der Waals surface area contributed by atoms with E-state index in [0.717, 1.165) is 11.1 Å². The van der Waals surface area contributed by atoms with Gasteiger partial charge in [-0.1, -0.05) is 24.3 Å². The number of aromatic nitrogens is 1. The van der Waals surface area contributed by atoms with E-state index in [2.05, 4.69) is 15.0 Å². The van der Waals surface area contributed by atoms with Crippen LogP contribution in [0.3, 0.4) is 0 Å². The number of thiazole rings is 1. The molecule has 0 unspecified atom stereocenters. The maximum atomic E-state index is 12.0. The standard InChI is InChI=1S/C12H15N3O2S2/c1-13-8-10-3-2-4-11(7-10)9-19(16,17)15-12-14-5-6-18-12/h2-7,13H,8-9H2,1H3,(H,14,15). The first-order valence-corrected chi connectivity index (χ1v) is 8.25. The molecule has 7 heteroatoms. The molecule has 0 bridgehead atoms. The van der Waals surface area contributed by atoms with Crippen LogP contribution in [0.2, 0.25) is 0 Å². The fourth-order valence-corrected chi connectivity index (χ4v) is 3.65. The predicted molar refractivity (Wildman–Crippen MR) is 77.6 cm³/mol. The third-order valence-electron chi connectivity index (χ3n) is 2.40. The molecule has 0 aliphatic carbocycles. The minimum atomic E-state index is -3.41. The largest absolute Gasteiger partial charge is 0.316 e. The molecule has 0 atom stereocenters. The smallest absolute Gasteiger partial charge is 0.238 e. The zero-order valence-corrected chi connectivity index (χ0v) is 12.1. The molecular weight excluding hydrogens is 282 g/mol. The van der Waals surface area contributed by atoms with E-state index < -0.39 is 10.0 Å². The summed E-state index contributed by atoms with van der Waals surface area (Å²) in [7, 11) is -1.56. The third-order valence-corrected chi connectivity index (χ3v) is 4.44. The molecule has 0 aliphatic rings. The molecule has 5 nitrogen and oxygen atoms in total. The highest BCUT2D eigenvalue weighted by Gasteiger charge is 2.13. The molecular formula is C12H15N3O2S2. The van der Waals surface area contributed by atoms with Gasteiger partial charge in [0.1, 0.15) is 0 Å². The van der Waals surface area contributed by atoms with Crippen LogP contribution in [0.4, 0.5) is 5.13 Å². The van der Waals surface area contributed by atoms with E-state index in [9.17, 15) is 8.42 Å². The number of hydrogen-bond acceptors (Lipinski definition) is 5. The highest BCUT2D eigenvalue weighted by atomic mass is 32.2. The van der Waals surface area contributed by atoms with Gasteiger partial charge in [-0.05, 0) is 18.2 Å². The molecule has 0 saturated carbocycles. The number of nitrogens with one attached hydrogen (secondary N) is 2. The second-order valence-electron chi connectivity index (χ2n) is 4.05. The van der Waals surface area contributed by atoms with Gasteiger partial charge in [0.2, 0.25) is 10.0 Å². The van der Waals surface area contributed by atoms with Crippen LogP contribution in [0.1, 0.15) is 11.1 Å². The molecule has 1 aromatic heterocycles. The molecule has 1 aromatic carbocycles. The maximum Gasteiger partial charge on any atom is 0.238 e. The predicted octanol–water partition coefficient (Wildman–Crippen LogP) is 1.80. The lowest BCUT2D eigenvalue weighted by Gasteiger charge is -2.07. The van der Waals surface area contributed by atoms with Crippen molar-refractivity contribution in [3.8, 4) is 0 Å². The number of benzene rings is 1. The molecule has 0 spiro atoms. The lowest BCUT2D eigenvalue weighted by atomic mass is 10.1. The van der Waals surface area contributed by atoms with E-state index in [0.29, 0.717) is 11.7 Å². The van der Waals surface area contributed by atoms with Crippen LogP contribution in [0, 0.1) is 0 Å². The molecule has 2 aromatic rings. The molecule has 0 fully saturated rings. The fraction of sp³-hybridized carbons (Fsp3) is 0.250. The molecule has 0 amide bonds. The molecule has 1 heterocycles. The van der Waals surface area contributed by atoms with Crippen LogP contribution >= 0.6 is 11.3 Å². The Morgan fingerprint density at radius 3 is 2.79 bits per heavy atom. The second-order valence-corrected chi connectivity index (χ2v) is 6.67. The monoisotopic (exact) mass is 297 g/mol. The highest BCUT2D eigenvalue weighted by Crippen LogP contribution is 2.15. The van der Waals surface area contributed by atoms with Gasteiger partial charge in [0.05, 0.1) is 5.75 Å². The topological polar surface area (TPSA) is 71.1 Å². The number of anilines is 1. The average molecular weight is 297 g/mol. The minimum absolute atomic E-state index is 0.0515. The van der Waals surface area contributed by atoms with Gasteiger partial charge in [0.25, 0.3) is 0 Å². The zero-order valence-electron chi connectivity index (χ0n) is 10.5. The van der Waals surface area contributed by atoms with Gasteiger partial charge in [-0.2, -0.15) is 0 Å². The molecule has 0 aliphatic heterocycles. The molecule has 19 heavy (non-hydrogen) atoms. The van der Waals surface area contributed by atoms with Gasteiger partial charge in [0, 0.05) is 18.1 Å². The summed E-state index contributed by atoms with van der Waals surface area (Å²) in [6, 6.07) is 7.51. The van der Waals surface area contributed by atoms with Crippen molar-refractivity contribution >= 4 is 26.5 Å². The van der Waals surface area contributed by atoms with E-state index in [1.165, 1.54) is 11.3 Å². The van der Waals surface area contributed by atoms with Crippen LogP contribution in [0.25, 0.3) is 0 Å². The third kappa shape index (κ3) is 4.30. The molecule has 0 saturated heterocycles. The SMILES string of the molecule is CNCc1cccc(CS(=O)(=O)Nc2nccs2)c1. The van der Waals surface area contributed by atoms with Crippen LogP contribution in [0.15, 0.2) is 35.8 Å². The van der Waals surface area contributed by atoms with Crippen LogP contribution in [-0.4, -0.2) is 20.4 Å². The molecule has 0 radical (unpaired) electrons. The highest BCUT2D eigenvalue weighted by molar-refractivity contribution is 7.92. The zero-order chi connectivity index (χ0) is 13.7. The summed E-state index contributed by atoms with van der Waals surface area (Å²) in [4.78, 5) is 3.91. The summed E-state index contributed by atoms with van der Waals surface area (Å²) in [5.74, 6) is -0.0515. The summed E-state index contributed by atoms with van der Waals surface area (Å²) in [6.45, 7) is 0.716. The Morgan fingerprint density at radius 1 is 1.32 bits per heavy atom. The van der Waals surface area contributed by atoms with Crippen molar-refractivity contribution in [3.63, 3.8) is 0 Å². The lowest BCUT2D eigenvalue weighted by molar-refractivity contribution is 0.600. The lowest BCUT2D eigenvalue weighted by Crippen LogP contribution is -2.15. The Kier molecular flexibility index (Phi) is 4.52. The van der Waals surface area contributed by atoms with E-state index in [4.69, 9.17) is 0 Å². The Hall–Kier alpha value is -1.44. The second kappa shape index (κ2) is 6.14. The van der Waals surface area contributed by atoms with E-state index in [1.807, 2.05) is 25.2 Å². The van der Waals surface area contributed by atoms with Gasteiger partial charge in [-0.25, -0.2) is 13.4 Å². The summed E-state index contributed by atoms with van der Waals surface area (Å²) in [5.41, 5.74) is 1.82. The fourth-order valence-electron chi connectivity index (χ4n) is 1.70. The van der Waals surface area contributed by atoms with E-state index in [-0.39, 0.29) is 5.75 Å². The first-order chi connectivity index (χ1) is 9.09. The quantitative estimate of drug-likeness (QED) is 0.853. The van der Waals surface area contributed by atoms with Crippen molar-refractivity contribution in [1.29, 1.82) is 0 Å². The van der Waals surface area contributed by atoms with Crippen molar-refractivity contribution in [1.82, 2.24) is 10.3 Å². The van der Waals surface area contributed by atoms with Crippen LogP contribution in [0.5, 0.6) is 0 Å². The Bertz CT molecular complexity index is 624. The summed E-state index contributed by atoms with van der Waals surface area (Å²) in [5, 5.41) is 5.16. The first kappa shape index (κ1) is 14.0. The van der Waals surface area contributed by atoms with Crippen LogP contribution < -0.4 is 10.0 Å². The van der Waals surface area contributed by atoms with Gasteiger partial charge >= 0.3 is 0 Å². The van der Waals surface area contributed by atoms with Crippen molar-refractivity contribution < 1.29 is 8.42 Å². The Balaban J connectivity index is 2.09. The van der Waals surface area contributed by atoms with Gasteiger partial charge in [0.15, 0.2) is 5.13 Å². The van der Waals surface area contributed by atoms with Crippen molar-refractivity contribution in [2.75, 3.05) is 11.8 Å². The van der Waals surface area contributed by atoms with Crippen molar-refractivity contribution in [2.24, 2.45) is 0 Å². The summed E-state index contributed by atoms with van der Waals surface area (Å²) in [6.07, 6.45) is 1.57.